The summed E-state index contributed by atoms with van der Waals surface area (Å²) in [6, 6.07) is 10.9. The van der Waals surface area contributed by atoms with E-state index in [1.807, 2.05) is 0 Å². The average molecular weight is 383 g/mol. The zero-order valence-corrected chi connectivity index (χ0v) is 14.9. The number of likely N-dealkylation sites (tertiary alicyclic amines) is 1. The van der Waals surface area contributed by atoms with Crippen molar-refractivity contribution in [1.29, 1.82) is 0 Å². The summed E-state index contributed by atoms with van der Waals surface area (Å²) in [5.74, 6) is 0.294. The number of amides is 2. The molecule has 0 saturated carbocycles. The third-order valence-electron chi connectivity index (χ3n) is 3.99. The number of carbonyl (C=O) groups is 1. The summed E-state index contributed by atoms with van der Waals surface area (Å²) in [7, 11) is 0. The number of hydrogen-bond donors (Lipinski definition) is 1. The van der Waals surface area contributed by atoms with Gasteiger partial charge in [-0.25, -0.2) is 9.18 Å². The molecule has 1 aliphatic rings. The van der Waals surface area contributed by atoms with E-state index in [9.17, 15) is 9.18 Å². The summed E-state index contributed by atoms with van der Waals surface area (Å²) in [5, 5.41) is 3.92. The Bertz CT molecular complexity index is 755. The second-order valence-electron chi connectivity index (χ2n) is 5.82. The van der Waals surface area contributed by atoms with Crippen LogP contribution in [0.15, 0.2) is 42.5 Å². The van der Waals surface area contributed by atoms with Crippen molar-refractivity contribution in [2.75, 3.05) is 13.1 Å². The lowest BCUT2D eigenvalue weighted by Crippen LogP contribution is -2.39. The van der Waals surface area contributed by atoms with Crippen LogP contribution >= 0.6 is 23.2 Å². The van der Waals surface area contributed by atoms with Crippen LogP contribution in [0.4, 0.5) is 9.18 Å². The van der Waals surface area contributed by atoms with E-state index in [1.165, 1.54) is 12.1 Å². The summed E-state index contributed by atoms with van der Waals surface area (Å²) in [5.41, 5.74) is 0.803. The Morgan fingerprint density at radius 2 is 2.00 bits per heavy atom. The summed E-state index contributed by atoms with van der Waals surface area (Å²) >= 11 is 12.0. The fourth-order valence-corrected chi connectivity index (χ4v) is 3.14. The van der Waals surface area contributed by atoms with Gasteiger partial charge in [0, 0.05) is 29.6 Å². The molecule has 1 heterocycles. The maximum Gasteiger partial charge on any atom is 0.317 e. The van der Waals surface area contributed by atoms with Crippen molar-refractivity contribution in [3.05, 3.63) is 63.9 Å². The van der Waals surface area contributed by atoms with Gasteiger partial charge in [-0.1, -0.05) is 29.3 Å². The van der Waals surface area contributed by atoms with E-state index in [-0.39, 0.29) is 18.0 Å². The Kier molecular flexibility index (Phi) is 5.66. The van der Waals surface area contributed by atoms with E-state index < -0.39 is 0 Å². The number of urea groups is 1. The molecule has 1 unspecified atom stereocenters. The molecule has 0 radical (unpaired) electrons. The standard InChI is InChI=1S/C18H17Cl2FN2O2/c19-13-2-1-12(17(20)9-13)10-22-18(24)23-8-7-16(11-23)25-15-5-3-14(21)4-6-15/h1-6,9,16H,7-8,10-11H2,(H,22,24). The fourth-order valence-electron chi connectivity index (χ4n) is 2.66. The number of benzene rings is 2. The second kappa shape index (κ2) is 7.93. The highest BCUT2D eigenvalue weighted by molar-refractivity contribution is 6.35. The highest BCUT2D eigenvalue weighted by Gasteiger charge is 2.27. The van der Waals surface area contributed by atoms with E-state index >= 15 is 0 Å². The molecule has 1 aliphatic heterocycles. The molecule has 1 atom stereocenters. The lowest BCUT2D eigenvalue weighted by molar-refractivity contribution is 0.186. The largest absolute Gasteiger partial charge is 0.489 e. The minimum absolute atomic E-state index is 0.102. The van der Waals surface area contributed by atoms with Crippen molar-refractivity contribution in [2.24, 2.45) is 0 Å². The van der Waals surface area contributed by atoms with Gasteiger partial charge >= 0.3 is 6.03 Å². The van der Waals surface area contributed by atoms with Gasteiger partial charge in [-0.05, 0) is 42.0 Å². The lowest BCUT2D eigenvalue weighted by Gasteiger charge is -2.18. The summed E-state index contributed by atoms with van der Waals surface area (Å²) in [6.45, 7) is 1.42. The minimum Gasteiger partial charge on any atom is -0.489 e. The van der Waals surface area contributed by atoms with Gasteiger partial charge in [0.2, 0.25) is 0 Å². The molecule has 0 spiro atoms. The van der Waals surface area contributed by atoms with Gasteiger partial charge in [0.15, 0.2) is 0 Å². The zero-order chi connectivity index (χ0) is 17.8. The van der Waals surface area contributed by atoms with Crippen molar-refractivity contribution in [1.82, 2.24) is 10.2 Å². The van der Waals surface area contributed by atoms with Crippen LogP contribution in [0.25, 0.3) is 0 Å². The molecular weight excluding hydrogens is 366 g/mol. The first-order valence-electron chi connectivity index (χ1n) is 7.90. The molecule has 3 rings (SSSR count). The first kappa shape index (κ1) is 17.8. The molecule has 0 aliphatic carbocycles. The van der Waals surface area contributed by atoms with Gasteiger partial charge in [0.1, 0.15) is 17.7 Å². The average Bonchev–Trinajstić information content (AvgIpc) is 3.04. The van der Waals surface area contributed by atoms with Gasteiger partial charge in [0.05, 0.1) is 6.54 Å². The number of nitrogens with one attached hydrogen (secondary N) is 1. The van der Waals surface area contributed by atoms with Crippen molar-refractivity contribution in [2.45, 2.75) is 19.1 Å². The molecule has 7 heteroatoms. The number of carbonyl (C=O) groups excluding carboxylic acids is 1. The maximum atomic E-state index is 12.9. The van der Waals surface area contributed by atoms with E-state index in [4.69, 9.17) is 27.9 Å². The Morgan fingerprint density at radius 3 is 2.72 bits per heavy atom. The summed E-state index contributed by atoms with van der Waals surface area (Å²) in [4.78, 5) is 14.0. The van der Waals surface area contributed by atoms with Crippen LogP contribution in [-0.4, -0.2) is 30.1 Å². The molecule has 4 nitrogen and oxygen atoms in total. The molecule has 2 aromatic rings. The molecule has 1 fully saturated rings. The highest BCUT2D eigenvalue weighted by atomic mass is 35.5. The Hall–Kier alpha value is -1.98. The van der Waals surface area contributed by atoms with Crippen molar-refractivity contribution in [3.63, 3.8) is 0 Å². The topological polar surface area (TPSA) is 41.6 Å². The second-order valence-corrected chi connectivity index (χ2v) is 6.67. The van der Waals surface area contributed by atoms with Crippen molar-refractivity contribution >= 4 is 29.2 Å². The van der Waals surface area contributed by atoms with Crippen molar-refractivity contribution < 1.29 is 13.9 Å². The maximum absolute atomic E-state index is 12.9. The predicted molar refractivity (Wildman–Crippen MR) is 95.7 cm³/mol. The quantitative estimate of drug-likeness (QED) is 0.845. The van der Waals surface area contributed by atoms with E-state index in [2.05, 4.69) is 5.32 Å². The molecule has 2 aromatic carbocycles. The summed E-state index contributed by atoms with van der Waals surface area (Å²) < 4.78 is 18.7. The smallest absolute Gasteiger partial charge is 0.317 e. The van der Waals surface area contributed by atoms with Crippen molar-refractivity contribution in [3.8, 4) is 5.75 Å². The number of hydrogen-bond acceptors (Lipinski definition) is 2. The fraction of sp³-hybridized carbons (Fsp3) is 0.278. The lowest BCUT2D eigenvalue weighted by atomic mass is 10.2. The van der Waals surface area contributed by atoms with Gasteiger partial charge in [-0.3, -0.25) is 0 Å². The number of nitrogens with zero attached hydrogens (tertiary/aromatic N) is 1. The van der Waals surface area contributed by atoms with Crippen LogP contribution in [0.2, 0.25) is 10.0 Å². The van der Waals surface area contributed by atoms with E-state index in [1.54, 1.807) is 35.2 Å². The Morgan fingerprint density at radius 1 is 1.24 bits per heavy atom. The third kappa shape index (κ3) is 4.77. The highest BCUT2D eigenvalue weighted by Crippen LogP contribution is 2.21. The van der Waals surface area contributed by atoms with E-state index in [0.29, 0.717) is 35.4 Å². The molecule has 1 saturated heterocycles. The van der Waals surface area contributed by atoms with E-state index in [0.717, 1.165) is 12.0 Å². The van der Waals surface area contributed by atoms with Gasteiger partial charge < -0.3 is 15.0 Å². The first-order valence-corrected chi connectivity index (χ1v) is 8.66. The summed E-state index contributed by atoms with van der Waals surface area (Å²) in [6.07, 6.45) is 0.627. The molecular formula is C18H17Cl2FN2O2. The zero-order valence-electron chi connectivity index (χ0n) is 13.3. The molecule has 1 N–H and O–H groups in total. The van der Waals surface area contributed by atoms with Gasteiger partial charge in [-0.2, -0.15) is 0 Å². The Balaban J connectivity index is 1.49. The van der Waals surface area contributed by atoms with Gasteiger partial charge in [-0.15, -0.1) is 0 Å². The number of halogens is 3. The van der Waals surface area contributed by atoms with Crippen LogP contribution in [0.5, 0.6) is 5.75 Å². The van der Waals surface area contributed by atoms with Crippen LogP contribution < -0.4 is 10.1 Å². The number of rotatable bonds is 4. The van der Waals surface area contributed by atoms with Crippen LogP contribution in [0, 0.1) is 5.82 Å². The SMILES string of the molecule is O=C(NCc1ccc(Cl)cc1Cl)N1CCC(Oc2ccc(F)cc2)C1. The van der Waals surface area contributed by atoms with Crippen LogP contribution in [-0.2, 0) is 6.54 Å². The van der Waals surface area contributed by atoms with Gasteiger partial charge in [0.25, 0.3) is 0 Å². The predicted octanol–water partition coefficient (Wildman–Crippen LogP) is 4.50. The Labute approximate surface area is 155 Å². The minimum atomic E-state index is -0.305. The first-order chi connectivity index (χ1) is 12.0. The monoisotopic (exact) mass is 382 g/mol. The normalized spacial score (nSPS) is 16.8. The number of ether oxygens (including phenoxy) is 1. The molecule has 132 valence electrons. The molecule has 0 bridgehead atoms. The molecule has 25 heavy (non-hydrogen) atoms. The van der Waals surface area contributed by atoms with Crippen LogP contribution in [0.3, 0.4) is 0 Å². The molecule has 2 amide bonds. The van der Waals surface area contributed by atoms with Crippen LogP contribution in [0.1, 0.15) is 12.0 Å². The molecule has 0 aromatic heterocycles. The third-order valence-corrected chi connectivity index (χ3v) is 4.58.